The molecular weight excluding hydrogens is 464 g/mol. The fourth-order valence-electron chi connectivity index (χ4n) is 4.44. The molecule has 0 saturated carbocycles. The lowest BCUT2D eigenvalue weighted by Gasteiger charge is -2.37. The summed E-state index contributed by atoms with van der Waals surface area (Å²) in [5.74, 6) is -0.893. The molecule has 2 aromatic carbocycles. The van der Waals surface area contributed by atoms with E-state index in [1.165, 1.54) is 24.4 Å². The van der Waals surface area contributed by atoms with E-state index in [-0.39, 0.29) is 41.8 Å². The number of likely N-dealkylation sites (N-methyl/N-ethyl adjacent to an activating group) is 1. The van der Waals surface area contributed by atoms with Crippen LogP contribution in [0.25, 0.3) is 11.1 Å². The van der Waals surface area contributed by atoms with E-state index < -0.39 is 11.9 Å². The van der Waals surface area contributed by atoms with Crippen molar-refractivity contribution in [3.05, 3.63) is 83.6 Å². The Labute approximate surface area is 210 Å². The number of rotatable bonds is 7. The minimum Gasteiger partial charge on any atom is -0.472 e. The van der Waals surface area contributed by atoms with Crippen LogP contribution in [0.15, 0.2) is 60.8 Å². The smallest absolute Gasteiger partial charge is 0.259 e. The topological polar surface area (TPSA) is 65.9 Å². The Bertz CT molecular complexity index is 1200. The summed E-state index contributed by atoms with van der Waals surface area (Å²) >= 11 is 0. The van der Waals surface area contributed by atoms with Crippen LogP contribution >= 0.6 is 0 Å². The largest absolute Gasteiger partial charge is 0.472 e. The fourth-order valence-corrected chi connectivity index (χ4v) is 4.44. The maximum Gasteiger partial charge on any atom is 0.259 e. The van der Waals surface area contributed by atoms with E-state index in [2.05, 4.69) is 9.88 Å². The van der Waals surface area contributed by atoms with Crippen LogP contribution in [-0.2, 0) is 6.54 Å². The normalized spacial score (nSPS) is 18.9. The second kappa shape index (κ2) is 11.1. The highest BCUT2D eigenvalue weighted by molar-refractivity contribution is 5.98. The lowest BCUT2D eigenvalue weighted by Crippen LogP contribution is -2.49. The van der Waals surface area contributed by atoms with E-state index >= 15 is 0 Å². The van der Waals surface area contributed by atoms with Crippen molar-refractivity contribution in [3.8, 4) is 17.0 Å². The Hall–Kier alpha value is -3.36. The van der Waals surface area contributed by atoms with Gasteiger partial charge in [0.15, 0.2) is 0 Å². The summed E-state index contributed by atoms with van der Waals surface area (Å²) in [4.78, 5) is 21.7. The van der Waals surface area contributed by atoms with E-state index in [0.717, 1.165) is 5.56 Å². The third-order valence-electron chi connectivity index (χ3n) is 6.56. The molecule has 0 unspecified atom stereocenters. The van der Waals surface area contributed by atoms with Gasteiger partial charge in [-0.25, -0.2) is 13.8 Å². The summed E-state index contributed by atoms with van der Waals surface area (Å²) in [5, 5.41) is 9.84. The SMILES string of the molecule is C[C@@H]1CN([C@@H](C)CO)C(=O)c2cc(-c3ccccc3F)cnc2O[C@@H]1CN(C)Cc1ccc(F)cc1. The van der Waals surface area contributed by atoms with E-state index in [0.29, 0.717) is 30.8 Å². The average Bonchev–Trinajstić information content (AvgIpc) is 2.87. The number of benzene rings is 2. The molecule has 0 spiro atoms. The van der Waals surface area contributed by atoms with Gasteiger partial charge in [0.2, 0.25) is 5.88 Å². The van der Waals surface area contributed by atoms with Gasteiger partial charge in [-0.1, -0.05) is 37.3 Å². The van der Waals surface area contributed by atoms with Gasteiger partial charge in [-0.05, 0) is 43.8 Å². The molecule has 3 aromatic rings. The number of pyridine rings is 1. The molecule has 3 atom stereocenters. The number of halogens is 2. The number of aromatic nitrogens is 1. The second-order valence-electron chi connectivity index (χ2n) is 9.50. The molecule has 1 aliphatic rings. The number of carbonyl (C=O) groups is 1. The Morgan fingerprint density at radius 2 is 1.89 bits per heavy atom. The van der Waals surface area contributed by atoms with E-state index in [9.17, 15) is 18.7 Å². The van der Waals surface area contributed by atoms with Crippen LogP contribution in [0, 0.1) is 17.6 Å². The highest BCUT2D eigenvalue weighted by Gasteiger charge is 2.34. The number of aliphatic hydroxyl groups excluding tert-OH is 1. The monoisotopic (exact) mass is 495 g/mol. The molecule has 4 rings (SSSR count). The summed E-state index contributed by atoms with van der Waals surface area (Å²) < 4.78 is 34.0. The van der Waals surface area contributed by atoms with Gasteiger partial charge in [0.1, 0.15) is 23.3 Å². The third-order valence-corrected chi connectivity index (χ3v) is 6.56. The zero-order valence-corrected chi connectivity index (χ0v) is 20.7. The summed E-state index contributed by atoms with van der Waals surface area (Å²) in [6.07, 6.45) is 1.19. The number of fused-ring (bicyclic) bond motifs is 1. The number of nitrogens with zero attached hydrogens (tertiary/aromatic N) is 3. The van der Waals surface area contributed by atoms with Crippen molar-refractivity contribution >= 4 is 5.91 Å². The van der Waals surface area contributed by atoms with Gasteiger partial charge in [0.25, 0.3) is 5.91 Å². The number of hydrogen-bond acceptors (Lipinski definition) is 5. The Kier molecular flexibility index (Phi) is 7.96. The van der Waals surface area contributed by atoms with Crippen LogP contribution in [0.2, 0.25) is 0 Å². The Morgan fingerprint density at radius 1 is 1.17 bits per heavy atom. The number of carbonyl (C=O) groups excluding carboxylic acids is 1. The van der Waals surface area contributed by atoms with Crippen LogP contribution in [-0.4, -0.2) is 64.7 Å². The van der Waals surface area contributed by atoms with Gasteiger partial charge in [-0.3, -0.25) is 9.69 Å². The van der Waals surface area contributed by atoms with Crippen molar-refractivity contribution in [2.45, 2.75) is 32.5 Å². The number of ether oxygens (including phenoxy) is 1. The van der Waals surface area contributed by atoms with Gasteiger partial charge in [-0.15, -0.1) is 0 Å². The summed E-state index contributed by atoms with van der Waals surface area (Å²) in [6.45, 7) is 5.10. The first-order valence-corrected chi connectivity index (χ1v) is 12.0. The molecule has 1 N–H and O–H groups in total. The standard InChI is InChI=1S/C28H31F2N3O3/c1-18-14-33(19(2)17-34)28(35)24-12-21(23-6-4-5-7-25(23)30)13-31-27(24)36-26(18)16-32(3)15-20-8-10-22(29)11-9-20/h4-13,18-19,26,34H,14-17H2,1-3H3/t18-,19+,26-/m1/s1. The van der Waals surface area contributed by atoms with Crippen molar-refractivity contribution in [1.82, 2.24) is 14.8 Å². The predicted octanol–water partition coefficient (Wildman–Crippen LogP) is 4.38. The van der Waals surface area contributed by atoms with Crippen LogP contribution < -0.4 is 4.74 Å². The lowest BCUT2D eigenvalue weighted by molar-refractivity contribution is 0.0325. The zero-order valence-electron chi connectivity index (χ0n) is 20.7. The molecule has 2 heterocycles. The van der Waals surface area contributed by atoms with Gasteiger partial charge in [0.05, 0.1) is 12.6 Å². The fraction of sp³-hybridized carbons (Fsp3) is 0.357. The molecular formula is C28H31F2N3O3. The minimum atomic E-state index is -0.416. The molecule has 36 heavy (non-hydrogen) atoms. The summed E-state index contributed by atoms with van der Waals surface area (Å²) in [7, 11) is 1.95. The van der Waals surface area contributed by atoms with E-state index in [1.807, 2.05) is 14.0 Å². The van der Waals surface area contributed by atoms with Gasteiger partial charge in [0, 0.05) is 42.9 Å². The molecule has 0 aliphatic carbocycles. The van der Waals surface area contributed by atoms with Crippen LogP contribution in [0.3, 0.4) is 0 Å². The van der Waals surface area contributed by atoms with Crippen molar-refractivity contribution in [3.63, 3.8) is 0 Å². The number of aliphatic hydroxyl groups is 1. The maximum atomic E-state index is 14.5. The maximum absolute atomic E-state index is 14.5. The predicted molar refractivity (Wildman–Crippen MR) is 134 cm³/mol. The minimum absolute atomic E-state index is 0.0696. The van der Waals surface area contributed by atoms with Crippen molar-refractivity contribution in [2.24, 2.45) is 5.92 Å². The molecule has 6 nitrogen and oxygen atoms in total. The van der Waals surface area contributed by atoms with Crippen molar-refractivity contribution in [1.29, 1.82) is 0 Å². The number of hydrogen-bond donors (Lipinski definition) is 1. The second-order valence-corrected chi connectivity index (χ2v) is 9.50. The summed E-state index contributed by atoms with van der Waals surface area (Å²) in [6, 6.07) is 13.9. The molecule has 8 heteroatoms. The molecule has 1 aromatic heterocycles. The van der Waals surface area contributed by atoms with E-state index in [1.54, 1.807) is 48.2 Å². The first-order chi connectivity index (χ1) is 17.3. The van der Waals surface area contributed by atoms with Crippen molar-refractivity contribution in [2.75, 3.05) is 26.7 Å². The molecule has 190 valence electrons. The lowest BCUT2D eigenvalue weighted by atomic mass is 9.99. The summed E-state index contributed by atoms with van der Waals surface area (Å²) in [5.41, 5.74) is 2.01. The molecule has 0 radical (unpaired) electrons. The Balaban J connectivity index is 1.66. The molecule has 0 saturated heterocycles. The molecule has 0 fully saturated rings. The zero-order chi connectivity index (χ0) is 25.8. The highest BCUT2D eigenvalue weighted by atomic mass is 19.1. The quantitative estimate of drug-likeness (QED) is 0.527. The van der Waals surface area contributed by atoms with Gasteiger partial charge >= 0.3 is 0 Å². The third kappa shape index (κ3) is 5.71. The van der Waals surface area contributed by atoms with Gasteiger partial charge < -0.3 is 14.7 Å². The van der Waals surface area contributed by atoms with Crippen LogP contribution in [0.5, 0.6) is 5.88 Å². The van der Waals surface area contributed by atoms with Crippen LogP contribution in [0.4, 0.5) is 8.78 Å². The van der Waals surface area contributed by atoms with Crippen LogP contribution in [0.1, 0.15) is 29.8 Å². The highest BCUT2D eigenvalue weighted by Crippen LogP contribution is 2.31. The molecule has 1 aliphatic heterocycles. The van der Waals surface area contributed by atoms with E-state index in [4.69, 9.17) is 4.74 Å². The number of amides is 1. The average molecular weight is 496 g/mol. The molecule has 0 bridgehead atoms. The first-order valence-electron chi connectivity index (χ1n) is 12.0. The Morgan fingerprint density at radius 3 is 2.58 bits per heavy atom. The first kappa shape index (κ1) is 25.7. The van der Waals surface area contributed by atoms with Gasteiger partial charge in [-0.2, -0.15) is 0 Å². The van der Waals surface area contributed by atoms with Crippen molar-refractivity contribution < 1.29 is 23.4 Å². The molecule has 1 amide bonds.